The van der Waals surface area contributed by atoms with Crippen LogP contribution in [0.25, 0.3) is 0 Å². The van der Waals surface area contributed by atoms with Gasteiger partial charge in [-0.25, -0.2) is 0 Å². The number of halogens is 1. The van der Waals surface area contributed by atoms with Crippen LogP contribution in [-0.4, -0.2) is 41.3 Å². The summed E-state index contributed by atoms with van der Waals surface area (Å²) in [6.45, 7) is 0.164. The van der Waals surface area contributed by atoms with Crippen LogP contribution < -0.4 is 0 Å². The average molecular weight is 254 g/mol. The standard InChI is InChI=1S/C12H12ClNO3/c13-5-1-2-6-14-11(15)9-7-3-4-8(17-7)10(9)12(14)16/h7-10H,3-6H2/t7-,8+,9-,10-/m1/s1. The van der Waals surface area contributed by atoms with Crippen molar-refractivity contribution in [3.8, 4) is 11.8 Å². The SMILES string of the molecule is O=C1[C@H]2[C@H](C(=O)N1CC#CCCl)[C@H]1CC[C@@H]2O1. The Hall–Kier alpha value is -1.05. The molecule has 0 radical (unpaired) electrons. The number of imide groups is 1. The van der Waals surface area contributed by atoms with Gasteiger partial charge in [-0.05, 0) is 12.8 Å². The number of alkyl halides is 1. The first kappa shape index (κ1) is 11.1. The molecular formula is C12H12ClNO3. The lowest BCUT2D eigenvalue weighted by Crippen LogP contribution is -2.34. The lowest BCUT2D eigenvalue weighted by molar-refractivity contribution is -0.141. The van der Waals surface area contributed by atoms with Crippen molar-refractivity contribution in [3.05, 3.63) is 0 Å². The van der Waals surface area contributed by atoms with Crippen LogP contribution in [0.15, 0.2) is 0 Å². The van der Waals surface area contributed by atoms with Gasteiger partial charge in [-0.3, -0.25) is 14.5 Å². The Balaban J connectivity index is 1.81. The molecule has 90 valence electrons. The van der Waals surface area contributed by atoms with Crippen LogP contribution in [0.5, 0.6) is 0 Å². The fourth-order valence-electron chi connectivity index (χ4n) is 3.11. The Bertz CT molecular complexity index is 411. The number of carbonyl (C=O) groups excluding carboxylic acids is 2. The van der Waals surface area contributed by atoms with Gasteiger partial charge in [0.25, 0.3) is 0 Å². The van der Waals surface area contributed by atoms with E-state index in [4.69, 9.17) is 16.3 Å². The molecule has 0 aromatic rings. The molecule has 3 aliphatic heterocycles. The molecular weight excluding hydrogens is 242 g/mol. The van der Waals surface area contributed by atoms with Gasteiger partial charge in [-0.2, -0.15) is 0 Å². The number of fused-ring (bicyclic) bond motifs is 5. The molecule has 0 aliphatic carbocycles. The Morgan fingerprint density at radius 3 is 2.29 bits per heavy atom. The molecule has 3 heterocycles. The van der Waals surface area contributed by atoms with Crippen molar-refractivity contribution in [1.29, 1.82) is 0 Å². The minimum atomic E-state index is -0.251. The minimum Gasteiger partial charge on any atom is -0.373 e. The first-order chi connectivity index (χ1) is 8.24. The zero-order valence-corrected chi connectivity index (χ0v) is 9.94. The van der Waals surface area contributed by atoms with E-state index in [2.05, 4.69) is 11.8 Å². The second-order valence-electron chi connectivity index (χ2n) is 4.59. The Morgan fingerprint density at radius 2 is 1.76 bits per heavy atom. The first-order valence-electron chi connectivity index (χ1n) is 5.76. The van der Waals surface area contributed by atoms with E-state index in [1.54, 1.807) is 0 Å². The number of carbonyl (C=O) groups is 2. The fraction of sp³-hybridized carbons (Fsp3) is 0.667. The summed E-state index contributed by atoms with van der Waals surface area (Å²) in [5.74, 6) is 4.89. The molecule has 5 heteroatoms. The number of nitrogens with zero attached hydrogens (tertiary/aromatic N) is 1. The van der Waals surface area contributed by atoms with Crippen LogP contribution in [0.2, 0.25) is 0 Å². The summed E-state index contributed by atoms with van der Waals surface area (Å²) in [7, 11) is 0. The number of rotatable bonds is 1. The highest BCUT2D eigenvalue weighted by atomic mass is 35.5. The molecule has 2 amide bonds. The van der Waals surface area contributed by atoms with Crippen molar-refractivity contribution in [2.75, 3.05) is 12.4 Å². The topological polar surface area (TPSA) is 46.6 Å². The minimum absolute atomic E-state index is 0.0487. The van der Waals surface area contributed by atoms with Crippen molar-refractivity contribution in [2.24, 2.45) is 11.8 Å². The van der Waals surface area contributed by atoms with Gasteiger partial charge in [-0.15, -0.1) is 11.6 Å². The molecule has 0 aromatic carbocycles. The number of ether oxygens (including phenoxy) is 1. The first-order valence-corrected chi connectivity index (χ1v) is 6.30. The predicted octanol–water partition coefficient (Wildman–Crippen LogP) is 0.391. The summed E-state index contributed by atoms with van der Waals surface area (Å²) in [5.41, 5.74) is 0. The normalized spacial score (nSPS) is 38.3. The highest BCUT2D eigenvalue weighted by Crippen LogP contribution is 2.48. The summed E-state index contributed by atoms with van der Waals surface area (Å²) < 4.78 is 5.63. The molecule has 3 saturated heterocycles. The zero-order valence-electron chi connectivity index (χ0n) is 9.19. The van der Waals surface area contributed by atoms with E-state index in [9.17, 15) is 9.59 Å². The van der Waals surface area contributed by atoms with Crippen molar-refractivity contribution >= 4 is 23.4 Å². The summed E-state index contributed by atoms with van der Waals surface area (Å²) in [4.78, 5) is 25.5. The number of amides is 2. The third-order valence-electron chi connectivity index (χ3n) is 3.80. The van der Waals surface area contributed by atoms with Gasteiger partial charge in [-0.1, -0.05) is 11.8 Å². The summed E-state index contributed by atoms with van der Waals surface area (Å²) in [6.07, 6.45) is 1.69. The lowest BCUT2D eigenvalue weighted by Gasteiger charge is -2.15. The second kappa shape index (κ2) is 4.01. The van der Waals surface area contributed by atoms with Crippen LogP contribution in [0.1, 0.15) is 12.8 Å². The molecule has 4 nitrogen and oxygen atoms in total. The second-order valence-corrected chi connectivity index (χ2v) is 4.86. The van der Waals surface area contributed by atoms with Gasteiger partial charge < -0.3 is 4.74 Å². The van der Waals surface area contributed by atoms with E-state index in [-0.39, 0.29) is 48.3 Å². The third-order valence-corrected chi connectivity index (χ3v) is 3.94. The maximum atomic E-state index is 12.1. The monoisotopic (exact) mass is 253 g/mol. The van der Waals surface area contributed by atoms with Crippen LogP contribution in [0.4, 0.5) is 0 Å². The number of hydrogen-bond donors (Lipinski definition) is 0. The molecule has 0 aromatic heterocycles. The van der Waals surface area contributed by atoms with E-state index in [0.717, 1.165) is 12.8 Å². The Morgan fingerprint density at radius 1 is 1.18 bits per heavy atom. The highest BCUT2D eigenvalue weighted by Gasteiger charge is 2.62. The average Bonchev–Trinajstić information content (AvgIpc) is 2.97. The molecule has 2 bridgehead atoms. The Kier molecular flexibility index (Phi) is 2.61. The molecule has 3 aliphatic rings. The van der Waals surface area contributed by atoms with Crippen molar-refractivity contribution < 1.29 is 14.3 Å². The zero-order chi connectivity index (χ0) is 12.0. The predicted molar refractivity (Wildman–Crippen MR) is 60.1 cm³/mol. The largest absolute Gasteiger partial charge is 0.373 e. The molecule has 4 atom stereocenters. The molecule has 0 N–H and O–H groups in total. The van der Waals surface area contributed by atoms with Crippen LogP contribution >= 0.6 is 11.6 Å². The van der Waals surface area contributed by atoms with Crippen molar-refractivity contribution in [2.45, 2.75) is 25.0 Å². The molecule has 0 spiro atoms. The van der Waals surface area contributed by atoms with Gasteiger partial charge in [0.1, 0.15) is 0 Å². The lowest BCUT2D eigenvalue weighted by atomic mass is 9.81. The van der Waals surface area contributed by atoms with Gasteiger partial charge in [0, 0.05) is 0 Å². The molecule has 17 heavy (non-hydrogen) atoms. The quantitative estimate of drug-likeness (QED) is 0.386. The van der Waals surface area contributed by atoms with Crippen molar-refractivity contribution in [1.82, 2.24) is 4.90 Å². The molecule has 3 rings (SSSR count). The molecule has 3 fully saturated rings. The third kappa shape index (κ3) is 1.50. The number of hydrogen-bond acceptors (Lipinski definition) is 3. The Labute approximate surface area is 104 Å². The maximum Gasteiger partial charge on any atom is 0.236 e. The van der Waals surface area contributed by atoms with Gasteiger partial charge in [0.05, 0.1) is 36.5 Å². The van der Waals surface area contributed by atoms with E-state index in [1.165, 1.54) is 4.90 Å². The molecule has 0 unspecified atom stereocenters. The summed E-state index contributed by atoms with van der Waals surface area (Å²) in [5, 5.41) is 0. The molecule has 0 saturated carbocycles. The van der Waals surface area contributed by atoms with E-state index < -0.39 is 0 Å². The smallest absolute Gasteiger partial charge is 0.236 e. The van der Waals surface area contributed by atoms with Crippen LogP contribution in [-0.2, 0) is 14.3 Å². The van der Waals surface area contributed by atoms with E-state index in [1.807, 2.05) is 0 Å². The maximum absolute atomic E-state index is 12.1. The van der Waals surface area contributed by atoms with Gasteiger partial charge >= 0.3 is 0 Å². The summed E-state index contributed by atoms with van der Waals surface area (Å²) in [6, 6.07) is 0. The van der Waals surface area contributed by atoms with Crippen LogP contribution in [0, 0.1) is 23.7 Å². The van der Waals surface area contributed by atoms with Gasteiger partial charge in [0.2, 0.25) is 11.8 Å². The number of likely N-dealkylation sites (tertiary alicyclic amines) is 1. The van der Waals surface area contributed by atoms with E-state index in [0.29, 0.717) is 0 Å². The summed E-state index contributed by atoms with van der Waals surface area (Å²) >= 11 is 5.43. The van der Waals surface area contributed by atoms with E-state index >= 15 is 0 Å². The van der Waals surface area contributed by atoms with Crippen molar-refractivity contribution in [3.63, 3.8) is 0 Å². The van der Waals surface area contributed by atoms with Crippen LogP contribution in [0.3, 0.4) is 0 Å². The highest BCUT2D eigenvalue weighted by molar-refractivity contribution is 6.19. The van der Waals surface area contributed by atoms with Gasteiger partial charge in [0.15, 0.2) is 0 Å². The fourth-order valence-corrected chi connectivity index (χ4v) is 3.21.